The molecule has 0 unspecified atom stereocenters. The molecule has 2 aromatic heterocycles. The standard InChI is InChI=1S/C22H25N5O2/c1-16-7-6-8-17(13-16)27(14-19(28)26-11-4-3-5-12-26)22(29)18-9-10-23-21-20(18)24-15-25(21)2/h6-10,13,15H,3-5,11-12,14H2,1-2H3. The summed E-state index contributed by atoms with van der Waals surface area (Å²) in [7, 11) is 1.84. The van der Waals surface area contributed by atoms with Crippen molar-refractivity contribution in [2.75, 3.05) is 24.5 Å². The molecule has 1 fully saturated rings. The van der Waals surface area contributed by atoms with Crippen LogP contribution >= 0.6 is 0 Å². The van der Waals surface area contributed by atoms with Crippen LogP contribution in [0.3, 0.4) is 0 Å². The number of carbonyl (C=O) groups excluding carboxylic acids is 2. The van der Waals surface area contributed by atoms with Gasteiger partial charge in [-0.25, -0.2) is 9.97 Å². The number of amides is 2. The van der Waals surface area contributed by atoms with E-state index in [0.29, 0.717) is 22.4 Å². The molecule has 3 aromatic rings. The zero-order valence-corrected chi connectivity index (χ0v) is 16.8. The van der Waals surface area contributed by atoms with Gasteiger partial charge in [0.1, 0.15) is 12.1 Å². The molecule has 0 saturated carbocycles. The summed E-state index contributed by atoms with van der Waals surface area (Å²) in [6, 6.07) is 9.34. The summed E-state index contributed by atoms with van der Waals surface area (Å²) in [5, 5.41) is 0. The Labute approximate surface area is 170 Å². The molecule has 0 spiro atoms. The van der Waals surface area contributed by atoms with Gasteiger partial charge in [-0.3, -0.25) is 14.5 Å². The number of piperidine rings is 1. The van der Waals surface area contributed by atoms with Gasteiger partial charge in [-0.1, -0.05) is 12.1 Å². The van der Waals surface area contributed by atoms with Gasteiger partial charge in [0, 0.05) is 32.0 Å². The Morgan fingerprint density at radius 2 is 1.90 bits per heavy atom. The first kappa shape index (κ1) is 19.1. The zero-order chi connectivity index (χ0) is 20.4. The lowest BCUT2D eigenvalue weighted by molar-refractivity contribution is -0.130. The Balaban J connectivity index is 1.71. The lowest BCUT2D eigenvalue weighted by atomic mass is 10.1. The Kier molecular flexibility index (Phi) is 5.29. The highest BCUT2D eigenvalue weighted by Gasteiger charge is 2.26. The SMILES string of the molecule is Cc1cccc(N(CC(=O)N2CCCCC2)C(=O)c2ccnc3c2ncn3C)c1. The molecule has 1 aromatic carbocycles. The smallest absolute Gasteiger partial charge is 0.261 e. The molecule has 2 amide bonds. The second-order valence-corrected chi connectivity index (χ2v) is 7.56. The number of rotatable bonds is 4. The molecule has 0 aliphatic carbocycles. The molecule has 0 atom stereocenters. The number of pyridine rings is 1. The fourth-order valence-corrected chi connectivity index (χ4v) is 3.80. The molecule has 1 saturated heterocycles. The minimum Gasteiger partial charge on any atom is -0.341 e. The van der Waals surface area contributed by atoms with E-state index in [1.807, 2.05) is 43.1 Å². The van der Waals surface area contributed by atoms with Gasteiger partial charge >= 0.3 is 0 Å². The number of aryl methyl sites for hydroxylation is 2. The number of imidazole rings is 1. The quantitative estimate of drug-likeness (QED) is 0.686. The fourth-order valence-electron chi connectivity index (χ4n) is 3.80. The number of aromatic nitrogens is 3. The maximum Gasteiger partial charge on any atom is 0.261 e. The third kappa shape index (κ3) is 3.85. The molecule has 0 N–H and O–H groups in total. The second kappa shape index (κ2) is 8.03. The monoisotopic (exact) mass is 391 g/mol. The molecule has 1 aliphatic heterocycles. The molecule has 7 nitrogen and oxygen atoms in total. The van der Waals surface area contributed by atoms with Gasteiger partial charge in [0.2, 0.25) is 5.91 Å². The molecule has 0 bridgehead atoms. The minimum atomic E-state index is -0.243. The van der Waals surface area contributed by atoms with Crippen molar-refractivity contribution in [1.82, 2.24) is 19.4 Å². The van der Waals surface area contributed by atoms with Gasteiger partial charge in [-0.15, -0.1) is 0 Å². The Morgan fingerprint density at radius 1 is 1.10 bits per heavy atom. The van der Waals surface area contributed by atoms with Gasteiger partial charge in [0.05, 0.1) is 11.9 Å². The number of nitrogens with zero attached hydrogens (tertiary/aromatic N) is 5. The molecule has 4 rings (SSSR count). The predicted molar refractivity (Wildman–Crippen MR) is 112 cm³/mol. The number of anilines is 1. The van der Waals surface area contributed by atoms with Gasteiger partial charge in [-0.05, 0) is 49.9 Å². The molecule has 7 heteroatoms. The van der Waals surface area contributed by atoms with E-state index in [-0.39, 0.29) is 18.4 Å². The second-order valence-electron chi connectivity index (χ2n) is 7.56. The highest BCUT2D eigenvalue weighted by molar-refractivity contribution is 6.14. The average molecular weight is 391 g/mol. The Hall–Kier alpha value is -3.22. The molecule has 3 heterocycles. The van der Waals surface area contributed by atoms with Crippen LogP contribution in [0.15, 0.2) is 42.9 Å². The van der Waals surface area contributed by atoms with Crippen molar-refractivity contribution in [1.29, 1.82) is 0 Å². The summed E-state index contributed by atoms with van der Waals surface area (Å²) in [5.74, 6) is -0.266. The molecule has 1 aliphatic rings. The molecular formula is C22H25N5O2. The highest BCUT2D eigenvalue weighted by atomic mass is 16.2. The first-order valence-corrected chi connectivity index (χ1v) is 9.97. The number of carbonyl (C=O) groups is 2. The van der Waals surface area contributed by atoms with Crippen LogP contribution in [-0.2, 0) is 11.8 Å². The minimum absolute atomic E-state index is 0.0128. The van der Waals surface area contributed by atoms with Crippen LogP contribution in [0.2, 0.25) is 0 Å². The predicted octanol–water partition coefficient (Wildman–Crippen LogP) is 2.94. The molecule has 29 heavy (non-hydrogen) atoms. The van der Waals surface area contributed by atoms with Crippen LogP contribution in [0.25, 0.3) is 11.2 Å². The van der Waals surface area contributed by atoms with E-state index in [4.69, 9.17) is 0 Å². The summed E-state index contributed by atoms with van der Waals surface area (Å²) < 4.78 is 1.78. The van der Waals surface area contributed by atoms with Gasteiger partial charge in [0.25, 0.3) is 5.91 Å². The Bertz CT molecular complexity index is 1050. The zero-order valence-electron chi connectivity index (χ0n) is 16.8. The van der Waals surface area contributed by atoms with E-state index in [1.165, 1.54) is 0 Å². The third-order valence-corrected chi connectivity index (χ3v) is 5.39. The van der Waals surface area contributed by atoms with Crippen LogP contribution in [0.1, 0.15) is 35.2 Å². The van der Waals surface area contributed by atoms with Gasteiger partial charge in [-0.2, -0.15) is 0 Å². The van der Waals surface area contributed by atoms with Crippen molar-refractivity contribution >= 4 is 28.7 Å². The van der Waals surface area contributed by atoms with E-state index < -0.39 is 0 Å². The first-order valence-electron chi connectivity index (χ1n) is 9.97. The Morgan fingerprint density at radius 3 is 2.66 bits per heavy atom. The average Bonchev–Trinajstić information content (AvgIpc) is 3.13. The third-order valence-electron chi connectivity index (χ3n) is 5.39. The van der Waals surface area contributed by atoms with Crippen molar-refractivity contribution in [2.45, 2.75) is 26.2 Å². The van der Waals surface area contributed by atoms with Gasteiger partial charge < -0.3 is 9.47 Å². The van der Waals surface area contributed by atoms with Crippen LogP contribution < -0.4 is 4.90 Å². The largest absolute Gasteiger partial charge is 0.341 e. The van der Waals surface area contributed by atoms with Crippen molar-refractivity contribution < 1.29 is 9.59 Å². The maximum absolute atomic E-state index is 13.6. The fraction of sp³-hybridized carbons (Fsp3) is 0.364. The first-order chi connectivity index (χ1) is 14.0. The van der Waals surface area contributed by atoms with Crippen LogP contribution in [0, 0.1) is 6.92 Å². The number of fused-ring (bicyclic) bond motifs is 1. The van der Waals surface area contributed by atoms with E-state index in [2.05, 4.69) is 9.97 Å². The lowest BCUT2D eigenvalue weighted by Gasteiger charge is -2.30. The lowest BCUT2D eigenvalue weighted by Crippen LogP contribution is -2.45. The van der Waals surface area contributed by atoms with Crippen LogP contribution in [0.4, 0.5) is 5.69 Å². The van der Waals surface area contributed by atoms with E-state index >= 15 is 0 Å². The summed E-state index contributed by atoms with van der Waals surface area (Å²) >= 11 is 0. The van der Waals surface area contributed by atoms with E-state index in [9.17, 15) is 9.59 Å². The molecule has 150 valence electrons. The van der Waals surface area contributed by atoms with Crippen molar-refractivity contribution in [3.63, 3.8) is 0 Å². The number of benzene rings is 1. The number of likely N-dealkylation sites (tertiary alicyclic amines) is 1. The van der Waals surface area contributed by atoms with Crippen molar-refractivity contribution in [2.24, 2.45) is 7.05 Å². The van der Waals surface area contributed by atoms with Gasteiger partial charge in [0.15, 0.2) is 5.65 Å². The van der Waals surface area contributed by atoms with Crippen LogP contribution in [-0.4, -0.2) is 50.9 Å². The molecule has 0 radical (unpaired) electrons. The summed E-state index contributed by atoms with van der Waals surface area (Å²) in [4.78, 5) is 38.7. The highest BCUT2D eigenvalue weighted by Crippen LogP contribution is 2.23. The van der Waals surface area contributed by atoms with Crippen LogP contribution in [0.5, 0.6) is 0 Å². The summed E-state index contributed by atoms with van der Waals surface area (Å²) in [6.45, 7) is 3.50. The number of hydrogen-bond donors (Lipinski definition) is 0. The van der Waals surface area contributed by atoms with Crippen molar-refractivity contribution in [3.8, 4) is 0 Å². The molecular weight excluding hydrogens is 366 g/mol. The maximum atomic E-state index is 13.6. The summed E-state index contributed by atoms with van der Waals surface area (Å²) in [6.07, 6.45) is 6.44. The summed E-state index contributed by atoms with van der Waals surface area (Å²) in [5.41, 5.74) is 3.37. The normalized spacial score (nSPS) is 14.2. The van der Waals surface area contributed by atoms with Crippen molar-refractivity contribution in [3.05, 3.63) is 54.0 Å². The van der Waals surface area contributed by atoms with E-state index in [1.54, 1.807) is 28.1 Å². The van der Waals surface area contributed by atoms with E-state index in [0.717, 1.165) is 37.9 Å². The number of hydrogen-bond acceptors (Lipinski definition) is 4. The topological polar surface area (TPSA) is 71.3 Å².